The molecule has 0 spiro atoms. The minimum absolute atomic E-state index is 0.257. The number of rotatable bonds is 5. The summed E-state index contributed by atoms with van der Waals surface area (Å²) in [5, 5.41) is 0. The van der Waals surface area contributed by atoms with Gasteiger partial charge in [-0.05, 0) is 25.5 Å². The van der Waals surface area contributed by atoms with Crippen molar-refractivity contribution in [1.29, 1.82) is 0 Å². The van der Waals surface area contributed by atoms with Crippen LogP contribution >= 0.6 is 0 Å². The maximum Gasteiger partial charge on any atom is 0.137 e. The monoisotopic (exact) mass is 312 g/mol. The summed E-state index contributed by atoms with van der Waals surface area (Å²) in [6, 6.07) is 3.87. The number of ether oxygens (including phenoxy) is 1. The minimum Gasteiger partial charge on any atom is -0.489 e. The van der Waals surface area contributed by atoms with Crippen LogP contribution < -0.4 is 9.64 Å². The molecule has 3 heterocycles. The fraction of sp³-hybridized carbons (Fsp3) is 0.500. The van der Waals surface area contributed by atoms with E-state index in [4.69, 9.17) is 4.74 Å². The Morgan fingerprint density at radius 1 is 1.26 bits per heavy atom. The van der Waals surface area contributed by atoms with Crippen molar-refractivity contribution in [2.75, 3.05) is 18.0 Å². The number of pyridine rings is 1. The highest BCUT2D eigenvalue weighted by atomic mass is 16.5. The van der Waals surface area contributed by atoms with Crippen molar-refractivity contribution < 1.29 is 4.74 Å². The average molecular weight is 312 g/mol. The van der Waals surface area contributed by atoms with E-state index in [1.54, 1.807) is 12.4 Å². The molecular weight excluding hydrogens is 288 g/mol. The topological polar surface area (TPSA) is 51.1 Å². The summed E-state index contributed by atoms with van der Waals surface area (Å²) < 4.78 is 6.02. The van der Waals surface area contributed by atoms with Crippen LogP contribution in [0.3, 0.4) is 0 Å². The van der Waals surface area contributed by atoms with Gasteiger partial charge in [0.2, 0.25) is 0 Å². The largest absolute Gasteiger partial charge is 0.489 e. The van der Waals surface area contributed by atoms with Gasteiger partial charge in [-0.3, -0.25) is 4.98 Å². The summed E-state index contributed by atoms with van der Waals surface area (Å²) in [5.74, 6) is 2.81. The fourth-order valence-electron chi connectivity index (χ4n) is 3.00. The molecule has 0 bridgehead atoms. The Labute approximate surface area is 137 Å². The Bertz CT molecular complexity index is 624. The summed E-state index contributed by atoms with van der Waals surface area (Å²) >= 11 is 0. The Morgan fingerprint density at radius 3 is 2.78 bits per heavy atom. The van der Waals surface area contributed by atoms with Crippen molar-refractivity contribution in [3.05, 3.63) is 42.1 Å². The van der Waals surface area contributed by atoms with E-state index in [-0.39, 0.29) is 6.10 Å². The van der Waals surface area contributed by atoms with Crippen LogP contribution in [0.2, 0.25) is 0 Å². The minimum atomic E-state index is 0.257. The molecule has 0 amide bonds. The van der Waals surface area contributed by atoms with Crippen molar-refractivity contribution in [3.63, 3.8) is 0 Å². The molecular formula is C18H24N4O. The lowest BCUT2D eigenvalue weighted by Gasteiger charge is -2.34. The molecule has 0 aliphatic carbocycles. The Morgan fingerprint density at radius 2 is 2.09 bits per heavy atom. The van der Waals surface area contributed by atoms with Gasteiger partial charge in [0.1, 0.15) is 23.5 Å². The maximum absolute atomic E-state index is 6.02. The third-order valence-electron chi connectivity index (χ3n) is 4.16. The molecule has 23 heavy (non-hydrogen) atoms. The van der Waals surface area contributed by atoms with Crippen molar-refractivity contribution in [3.8, 4) is 5.75 Å². The van der Waals surface area contributed by atoms with E-state index in [1.807, 2.05) is 25.3 Å². The molecule has 1 aliphatic rings. The molecule has 122 valence electrons. The van der Waals surface area contributed by atoms with E-state index < -0.39 is 0 Å². The van der Waals surface area contributed by atoms with Crippen LogP contribution in [0.25, 0.3) is 0 Å². The van der Waals surface area contributed by atoms with Gasteiger partial charge in [-0.1, -0.05) is 13.3 Å². The lowest BCUT2D eigenvalue weighted by molar-refractivity contribution is 0.170. The van der Waals surface area contributed by atoms with Crippen LogP contribution in [-0.4, -0.2) is 34.1 Å². The van der Waals surface area contributed by atoms with Gasteiger partial charge in [0.15, 0.2) is 0 Å². The first-order chi connectivity index (χ1) is 11.3. The van der Waals surface area contributed by atoms with Gasteiger partial charge in [-0.25, -0.2) is 9.97 Å². The van der Waals surface area contributed by atoms with Gasteiger partial charge in [-0.2, -0.15) is 0 Å². The molecule has 0 unspecified atom stereocenters. The van der Waals surface area contributed by atoms with E-state index in [2.05, 4.69) is 26.8 Å². The smallest absolute Gasteiger partial charge is 0.137 e. The maximum atomic E-state index is 6.02. The lowest BCUT2D eigenvalue weighted by Crippen LogP contribution is -2.39. The van der Waals surface area contributed by atoms with Crippen LogP contribution in [0.1, 0.15) is 37.6 Å². The number of piperidine rings is 1. The molecule has 2 aromatic heterocycles. The highest BCUT2D eigenvalue weighted by Gasteiger charge is 2.23. The van der Waals surface area contributed by atoms with Crippen molar-refractivity contribution in [2.24, 2.45) is 0 Å². The van der Waals surface area contributed by atoms with Gasteiger partial charge < -0.3 is 9.64 Å². The number of anilines is 1. The van der Waals surface area contributed by atoms with Gasteiger partial charge >= 0.3 is 0 Å². The van der Waals surface area contributed by atoms with Crippen LogP contribution in [0.5, 0.6) is 5.75 Å². The Hall–Kier alpha value is -2.17. The summed E-state index contributed by atoms with van der Waals surface area (Å²) in [5.41, 5.74) is 1.25. The van der Waals surface area contributed by atoms with Crippen molar-refractivity contribution in [1.82, 2.24) is 15.0 Å². The number of nitrogens with zero attached hydrogens (tertiary/aromatic N) is 4. The first-order valence-electron chi connectivity index (χ1n) is 8.40. The quantitative estimate of drug-likeness (QED) is 0.848. The summed E-state index contributed by atoms with van der Waals surface area (Å²) in [7, 11) is 0. The fourth-order valence-corrected chi connectivity index (χ4v) is 3.00. The van der Waals surface area contributed by atoms with E-state index in [0.717, 1.165) is 56.2 Å². The molecule has 5 nitrogen and oxygen atoms in total. The second kappa shape index (κ2) is 7.40. The highest BCUT2D eigenvalue weighted by Crippen LogP contribution is 2.25. The lowest BCUT2D eigenvalue weighted by atomic mass is 10.1. The molecule has 0 N–H and O–H groups in total. The van der Waals surface area contributed by atoms with Crippen LogP contribution in [0.15, 0.2) is 30.7 Å². The van der Waals surface area contributed by atoms with Gasteiger partial charge in [0, 0.05) is 43.9 Å². The summed E-state index contributed by atoms with van der Waals surface area (Å²) in [6.07, 6.45) is 9.93. The van der Waals surface area contributed by atoms with Gasteiger partial charge in [0.05, 0.1) is 6.20 Å². The van der Waals surface area contributed by atoms with Gasteiger partial charge in [-0.15, -0.1) is 0 Å². The zero-order valence-corrected chi connectivity index (χ0v) is 13.9. The molecule has 1 fully saturated rings. The first kappa shape index (κ1) is 15.7. The zero-order valence-electron chi connectivity index (χ0n) is 13.9. The van der Waals surface area contributed by atoms with E-state index >= 15 is 0 Å². The molecule has 0 saturated carbocycles. The highest BCUT2D eigenvalue weighted by molar-refractivity contribution is 5.46. The SMILES string of the molecule is CCCc1cnc(C)nc1N1CCC(Oc2cccnc2)CC1. The van der Waals surface area contributed by atoms with Crippen molar-refractivity contribution in [2.45, 2.75) is 45.6 Å². The third-order valence-corrected chi connectivity index (χ3v) is 4.16. The molecule has 5 heteroatoms. The van der Waals surface area contributed by atoms with Crippen LogP contribution in [0.4, 0.5) is 5.82 Å². The second-order valence-corrected chi connectivity index (χ2v) is 6.01. The molecule has 1 aliphatic heterocycles. The van der Waals surface area contributed by atoms with Crippen LogP contribution in [0, 0.1) is 6.92 Å². The predicted molar refractivity (Wildman–Crippen MR) is 90.9 cm³/mol. The number of hydrogen-bond donors (Lipinski definition) is 0. The zero-order chi connectivity index (χ0) is 16.1. The molecule has 3 rings (SSSR count). The molecule has 2 aromatic rings. The summed E-state index contributed by atoms with van der Waals surface area (Å²) in [6.45, 7) is 6.09. The number of aryl methyl sites for hydroxylation is 2. The summed E-state index contributed by atoms with van der Waals surface area (Å²) in [4.78, 5) is 15.5. The standard InChI is InChI=1S/C18H24N4O/c1-3-5-15-12-20-14(2)21-18(15)22-10-7-16(8-11-22)23-17-6-4-9-19-13-17/h4,6,9,12-13,16H,3,5,7-8,10-11H2,1-2H3. The Kier molecular flexibility index (Phi) is 5.05. The number of hydrogen-bond acceptors (Lipinski definition) is 5. The molecule has 0 atom stereocenters. The van der Waals surface area contributed by atoms with Crippen molar-refractivity contribution >= 4 is 5.82 Å². The molecule has 0 aromatic carbocycles. The number of aromatic nitrogens is 3. The average Bonchev–Trinajstić information content (AvgIpc) is 2.58. The Balaban J connectivity index is 1.64. The van der Waals surface area contributed by atoms with Gasteiger partial charge in [0.25, 0.3) is 0 Å². The second-order valence-electron chi connectivity index (χ2n) is 6.01. The third kappa shape index (κ3) is 3.97. The van der Waals surface area contributed by atoms with E-state index in [0.29, 0.717) is 0 Å². The van der Waals surface area contributed by atoms with Crippen LogP contribution in [-0.2, 0) is 6.42 Å². The van der Waals surface area contributed by atoms with E-state index in [9.17, 15) is 0 Å². The predicted octanol–water partition coefficient (Wildman–Crippen LogP) is 3.18. The van der Waals surface area contributed by atoms with E-state index in [1.165, 1.54) is 5.56 Å². The molecule has 0 radical (unpaired) electrons. The first-order valence-corrected chi connectivity index (χ1v) is 8.40. The normalized spacial score (nSPS) is 15.7. The molecule has 1 saturated heterocycles.